The zero-order chi connectivity index (χ0) is 18.1. The molecule has 4 rings (SSSR count). The topological polar surface area (TPSA) is 49.9 Å². The van der Waals surface area contributed by atoms with Crippen LogP contribution in [0.2, 0.25) is 0 Å². The van der Waals surface area contributed by atoms with Gasteiger partial charge in [0, 0.05) is 30.4 Å². The van der Waals surface area contributed by atoms with Crippen LogP contribution in [0.1, 0.15) is 21.5 Å². The number of anilines is 1. The van der Waals surface area contributed by atoms with Crippen LogP contribution in [0, 0.1) is 6.92 Å². The van der Waals surface area contributed by atoms with Gasteiger partial charge in [-0.2, -0.15) is 0 Å². The van der Waals surface area contributed by atoms with Crippen LogP contribution in [0.15, 0.2) is 54.7 Å². The Hall–Kier alpha value is -2.92. The molecule has 0 unspecified atom stereocenters. The molecule has 0 aliphatic carbocycles. The van der Waals surface area contributed by atoms with E-state index in [0.717, 1.165) is 18.7 Å². The number of hydrogen-bond donors (Lipinski definition) is 0. The van der Waals surface area contributed by atoms with Gasteiger partial charge in [-0.3, -0.25) is 9.59 Å². The van der Waals surface area contributed by atoms with Crippen molar-refractivity contribution in [3.63, 3.8) is 0 Å². The molecule has 5 heteroatoms. The van der Waals surface area contributed by atoms with E-state index in [1.54, 1.807) is 6.07 Å². The molecule has 0 spiro atoms. The number of morpholine rings is 1. The molecule has 0 radical (unpaired) electrons. The third-order valence-corrected chi connectivity index (χ3v) is 4.73. The summed E-state index contributed by atoms with van der Waals surface area (Å²) >= 11 is 0. The molecule has 26 heavy (non-hydrogen) atoms. The summed E-state index contributed by atoms with van der Waals surface area (Å²) in [4.78, 5) is 29.6. The summed E-state index contributed by atoms with van der Waals surface area (Å²) < 4.78 is 5.38. The Labute approximate surface area is 152 Å². The number of ether oxygens (including phenoxy) is 1. The van der Waals surface area contributed by atoms with Gasteiger partial charge < -0.3 is 9.64 Å². The Morgan fingerprint density at radius 2 is 1.54 bits per heavy atom. The Morgan fingerprint density at radius 1 is 0.885 bits per heavy atom. The normalized spacial score (nSPS) is 19.0. The minimum atomic E-state index is -0.288. The lowest BCUT2D eigenvalue weighted by Crippen LogP contribution is -2.43. The van der Waals surface area contributed by atoms with Crippen LogP contribution in [0.25, 0.3) is 5.57 Å². The van der Waals surface area contributed by atoms with E-state index in [-0.39, 0.29) is 11.8 Å². The first-order valence-corrected chi connectivity index (χ1v) is 8.73. The molecular formula is C21H20N2O3. The van der Waals surface area contributed by atoms with Gasteiger partial charge in [-0.05, 0) is 25.1 Å². The number of benzene rings is 2. The average molecular weight is 348 g/mol. The zero-order valence-corrected chi connectivity index (χ0v) is 14.6. The summed E-state index contributed by atoms with van der Waals surface area (Å²) in [6.45, 7) is 4.72. The molecule has 2 aliphatic heterocycles. The third-order valence-electron chi connectivity index (χ3n) is 4.73. The quantitative estimate of drug-likeness (QED) is 0.619. The van der Waals surface area contributed by atoms with Crippen molar-refractivity contribution in [2.24, 2.45) is 0 Å². The standard InChI is InChI=1S/C21H20N2O3/c1-15-6-8-16(9-7-15)23-20(24)18-5-3-2-4-17(18)19(21(23)25)14-22-10-12-26-13-11-22/h2-9,14H,10-13H2,1H3/b19-14+. The van der Waals surface area contributed by atoms with Gasteiger partial charge in [0.25, 0.3) is 11.8 Å². The first kappa shape index (κ1) is 16.5. The predicted molar refractivity (Wildman–Crippen MR) is 99.8 cm³/mol. The van der Waals surface area contributed by atoms with E-state index in [2.05, 4.69) is 4.90 Å². The minimum Gasteiger partial charge on any atom is -0.378 e. The van der Waals surface area contributed by atoms with Crippen LogP contribution < -0.4 is 4.90 Å². The number of imide groups is 1. The van der Waals surface area contributed by atoms with E-state index in [0.29, 0.717) is 35.6 Å². The van der Waals surface area contributed by atoms with E-state index in [1.165, 1.54) is 4.90 Å². The van der Waals surface area contributed by atoms with Crippen LogP contribution in [0.5, 0.6) is 0 Å². The monoisotopic (exact) mass is 348 g/mol. The molecule has 2 aliphatic rings. The maximum atomic E-state index is 13.2. The molecule has 1 saturated heterocycles. The van der Waals surface area contributed by atoms with Gasteiger partial charge >= 0.3 is 0 Å². The highest BCUT2D eigenvalue weighted by Gasteiger charge is 2.36. The summed E-state index contributed by atoms with van der Waals surface area (Å²) in [5.74, 6) is -0.572. The third kappa shape index (κ3) is 2.91. The number of hydrogen-bond acceptors (Lipinski definition) is 4. The highest BCUT2D eigenvalue weighted by molar-refractivity contribution is 6.41. The molecule has 1 fully saturated rings. The molecule has 132 valence electrons. The van der Waals surface area contributed by atoms with Crippen molar-refractivity contribution in [1.82, 2.24) is 4.90 Å². The van der Waals surface area contributed by atoms with Crippen LogP contribution in [-0.2, 0) is 9.53 Å². The van der Waals surface area contributed by atoms with Crippen LogP contribution in [-0.4, -0.2) is 43.0 Å². The van der Waals surface area contributed by atoms with E-state index in [1.807, 2.05) is 55.6 Å². The second-order valence-corrected chi connectivity index (χ2v) is 6.52. The van der Waals surface area contributed by atoms with Gasteiger partial charge in [-0.25, -0.2) is 4.90 Å². The maximum absolute atomic E-state index is 13.2. The second kappa shape index (κ2) is 6.77. The lowest BCUT2D eigenvalue weighted by atomic mass is 9.93. The highest BCUT2D eigenvalue weighted by Crippen LogP contribution is 2.32. The Balaban J connectivity index is 1.81. The number of carbonyl (C=O) groups is 2. The van der Waals surface area contributed by atoms with Gasteiger partial charge in [0.2, 0.25) is 0 Å². The number of fused-ring (bicyclic) bond motifs is 1. The Kier molecular flexibility index (Phi) is 4.31. The number of rotatable bonds is 2. The molecule has 0 saturated carbocycles. The number of amides is 2. The molecule has 2 aromatic carbocycles. The van der Waals surface area contributed by atoms with Crippen molar-refractivity contribution >= 4 is 23.1 Å². The molecule has 2 heterocycles. The van der Waals surface area contributed by atoms with Gasteiger partial charge in [-0.15, -0.1) is 0 Å². The lowest BCUT2D eigenvalue weighted by molar-refractivity contribution is -0.112. The largest absolute Gasteiger partial charge is 0.378 e. The fourth-order valence-corrected chi connectivity index (χ4v) is 3.30. The Morgan fingerprint density at radius 3 is 2.23 bits per heavy atom. The van der Waals surface area contributed by atoms with Gasteiger partial charge in [0.15, 0.2) is 0 Å². The number of aryl methyl sites for hydroxylation is 1. The molecule has 0 bridgehead atoms. The van der Waals surface area contributed by atoms with Crippen LogP contribution >= 0.6 is 0 Å². The van der Waals surface area contributed by atoms with Crippen molar-refractivity contribution in [2.75, 3.05) is 31.2 Å². The summed E-state index contributed by atoms with van der Waals surface area (Å²) in [6.07, 6.45) is 1.87. The first-order chi connectivity index (χ1) is 12.6. The predicted octanol–water partition coefficient (Wildman–Crippen LogP) is 2.86. The summed E-state index contributed by atoms with van der Waals surface area (Å²) in [5.41, 5.74) is 3.45. The molecule has 2 aromatic rings. The van der Waals surface area contributed by atoms with Gasteiger partial charge in [0.1, 0.15) is 0 Å². The molecule has 0 N–H and O–H groups in total. The van der Waals surface area contributed by atoms with Crippen molar-refractivity contribution in [1.29, 1.82) is 0 Å². The SMILES string of the molecule is Cc1ccc(N2C(=O)/C(=C/N3CCOCC3)c3ccccc3C2=O)cc1. The summed E-state index contributed by atoms with van der Waals surface area (Å²) in [5, 5.41) is 0. The average Bonchev–Trinajstić information content (AvgIpc) is 2.67. The smallest absolute Gasteiger partial charge is 0.267 e. The second-order valence-electron chi connectivity index (χ2n) is 6.52. The van der Waals surface area contributed by atoms with Crippen molar-refractivity contribution in [2.45, 2.75) is 6.92 Å². The molecule has 0 atom stereocenters. The first-order valence-electron chi connectivity index (χ1n) is 8.73. The fraction of sp³-hybridized carbons (Fsp3) is 0.238. The molecular weight excluding hydrogens is 328 g/mol. The maximum Gasteiger partial charge on any atom is 0.267 e. The number of nitrogens with zero attached hydrogens (tertiary/aromatic N) is 2. The van der Waals surface area contributed by atoms with Crippen molar-refractivity contribution < 1.29 is 14.3 Å². The Bertz CT molecular complexity index is 880. The van der Waals surface area contributed by atoms with Crippen molar-refractivity contribution in [3.8, 4) is 0 Å². The zero-order valence-electron chi connectivity index (χ0n) is 14.6. The summed E-state index contributed by atoms with van der Waals surface area (Å²) in [7, 11) is 0. The van der Waals surface area contributed by atoms with E-state index < -0.39 is 0 Å². The highest BCUT2D eigenvalue weighted by atomic mass is 16.5. The summed E-state index contributed by atoms with van der Waals surface area (Å²) in [6, 6.07) is 14.7. The van der Waals surface area contributed by atoms with Gasteiger partial charge in [0.05, 0.1) is 24.5 Å². The molecule has 0 aromatic heterocycles. The molecule has 2 amide bonds. The van der Waals surface area contributed by atoms with Gasteiger partial charge in [-0.1, -0.05) is 35.9 Å². The van der Waals surface area contributed by atoms with E-state index >= 15 is 0 Å². The minimum absolute atomic E-state index is 0.284. The number of carbonyl (C=O) groups excluding carboxylic acids is 2. The van der Waals surface area contributed by atoms with E-state index in [9.17, 15) is 9.59 Å². The van der Waals surface area contributed by atoms with Crippen molar-refractivity contribution in [3.05, 3.63) is 71.4 Å². The fourth-order valence-electron chi connectivity index (χ4n) is 3.30. The van der Waals surface area contributed by atoms with E-state index in [4.69, 9.17) is 4.74 Å². The van der Waals surface area contributed by atoms with Crippen LogP contribution in [0.4, 0.5) is 5.69 Å². The lowest BCUT2D eigenvalue weighted by Gasteiger charge is -2.31. The molecule has 5 nitrogen and oxygen atoms in total. The van der Waals surface area contributed by atoms with Crippen LogP contribution in [0.3, 0.4) is 0 Å².